The molecule has 0 aliphatic carbocycles. The number of anilines is 1. The van der Waals surface area contributed by atoms with Crippen LogP contribution in [0.5, 0.6) is 0 Å². The Morgan fingerprint density at radius 1 is 1.08 bits per heavy atom. The topological polar surface area (TPSA) is 79.4 Å². The van der Waals surface area contributed by atoms with E-state index in [9.17, 15) is 5.26 Å². The van der Waals surface area contributed by atoms with E-state index in [4.69, 9.17) is 0 Å². The Morgan fingerprint density at radius 2 is 1.85 bits per heavy atom. The highest BCUT2D eigenvalue weighted by Crippen LogP contribution is 2.28. The molecule has 1 unspecified atom stereocenters. The van der Waals surface area contributed by atoms with Crippen molar-refractivity contribution in [1.29, 1.82) is 5.26 Å². The van der Waals surface area contributed by atoms with Gasteiger partial charge in [-0.15, -0.1) is 5.10 Å². The highest BCUT2D eigenvalue weighted by molar-refractivity contribution is 5.93. The molecule has 0 radical (unpaired) electrons. The van der Waals surface area contributed by atoms with Crippen LogP contribution in [0, 0.1) is 11.3 Å². The molecule has 0 amide bonds. The molecule has 26 heavy (non-hydrogen) atoms. The van der Waals surface area contributed by atoms with Crippen LogP contribution in [0.25, 0.3) is 16.6 Å². The monoisotopic (exact) mass is 340 g/mol. The third-order valence-corrected chi connectivity index (χ3v) is 4.23. The fourth-order valence-electron chi connectivity index (χ4n) is 2.85. The molecule has 4 aromatic rings. The normalized spacial score (nSPS) is 11.8. The average molecular weight is 340 g/mol. The van der Waals surface area contributed by atoms with E-state index >= 15 is 0 Å². The number of benzene rings is 2. The number of rotatable bonds is 4. The molecule has 2 aromatic carbocycles. The molecular weight excluding hydrogens is 324 g/mol. The lowest BCUT2D eigenvalue weighted by molar-refractivity contribution is 0.781. The van der Waals surface area contributed by atoms with Gasteiger partial charge in [0.15, 0.2) is 0 Å². The van der Waals surface area contributed by atoms with E-state index in [1.807, 2.05) is 67.7 Å². The highest BCUT2D eigenvalue weighted by atomic mass is 15.4. The molecule has 0 bridgehead atoms. The van der Waals surface area contributed by atoms with Crippen LogP contribution in [0.1, 0.15) is 24.2 Å². The lowest BCUT2D eigenvalue weighted by Crippen LogP contribution is -2.09. The standard InChI is InChI=1S/C20H16N6/c1-14(19-13-26(25-24-19)16-7-3-2-4-8-16)23-20-15(11-21)12-22-18-10-6-5-9-17(18)20/h2-10,12-14H,1H3,(H,22,23). The molecule has 1 atom stereocenters. The van der Waals surface area contributed by atoms with E-state index in [-0.39, 0.29) is 6.04 Å². The second kappa shape index (κ2) is 6.65. The lowest BCUT2D eigenvalue weighted by atomic mass is 10.1. The molecule has 0 aliphatic rings. The summed E-state index contributed by atoms with van der Waals surface area (Å²) in [7, 11) is 0. The van der Waals surface area contributed by atoms with Crippen LogP contribution in [-0.2, 0) is 0 Å². The smallest absolute Gasteiger partial charge is 0.105 e. The van der Waals surface area contributed by atoms with Gasteiger partial charge in [0, 0.05) is 11.6 Å². The fraction of sp³-hybridized carbons (Fsp3) is 0.100. The molecule has 2 aromatic heterocycles. The fourth-order valence-corrected chi connectivity index (χ4v) is 2.85. The van der Waals surface area contributed by atoms with Crippen molar-refractivity contribution in [3.05, 3.63) is 78.2 Å². The number of nitriles is 1. The zero-order chi connectivity index (χ0) is 17.9. The quantitative estimate of drug-likeness (QED) is 0.610. The number of hydrogen-bond acceptors (Lipinski definition) is 5. The van der Waals surface area contributed by atoms with Crippen LogP contribution in [-0.4, -0.2) is 20.0 Å². The van der Waals surface area contributed by atoms with Crippen LogP contribution < -0.4 is 5.32 Å². The summed E-state index contributed by atoms with van der Waals surface area (Å²) < 4.78 is 1.74. The summed E-state index contributed by atoms with van der Waals surface area (Å²) in [6.45, 7) is 2.00. The van der Waals surface area contributed by atoms with E-state index in [1.54, 1.807) is 10.9 Å². The van der Waals surface area contributed by atoms with Gasteiger partial charge in [-0.1, -0.05) is 41.6 Å². The summed E-state index contributed by atoms with van der Waals surface area (Å²) >= 11 is 0. The van der Waals surface area contributed by atoms with Gasteiger partial charge in [-0.3, -0.25) is 4.98 Å². The van der Waals surface area contributed by atoms with E-state index in [1.165, 1.54) is 0 Å². The van der Waals surface area contributed by atoms with Gasteiger partial charge < -0.3 is 5.32 Å². The molecule has 0 spiro atoms. The van der Waals surface area contributed by atoms with Gasteiger partial charge in [0.25, 0.3) is 0 Å². The van der Waals surface area contributed by atoms with E-state index in [0.717, 1.165) is 28.0 Å². The lowest BCUT2D eigenvalue weighted by Gasteiger charge is -2.15. The molecule has 0 saturated heterocycles. The Bertz CT molecular complexity index is 1090. The number of nitrogens with one attached hydrogen (secondary N) is 1. The van der Waals surface area contributed by atoms with Gasteiger partial charge in [0.2, 0.25) is 0 Å². The summed E-state index contributed by atoms with van der Waals surface area (Å²) in [5.74, 6) is 0. The number of hydrogen-bond donors (Lipinski definition) is 1. The summed E-state index contributed by atoms with van der Waals surface area (Å²) in [4.78, 5) is 4.34. The summed E-state index contributed by atoms with van der Waals surface area (Å²) in [5.41, 5.74) is 3.85. The zero-order valence-corrected chi connectivity index (χ0v) is 14.2. The Hall–Kier alpha value is -3.72. The van der Waals surface area contributed by atoms with Gasteiger partial charge in [-0.2, -0.15) is 5.26 Å². The molecule has 0 saturated carbocycles. The first kappa shape index (κ1) is 15.8. The van der Waals surface area contributed by atoms with Crippen molar-refractivity contribution in [2.24, 2.45) is 0 Å². The van der Waals surface area contributed by atoms with Crippen molar-refractivity contribution in [3.63, 3.8) is 0 Å². The average Bonchev–Trinajstić information content (AvgIpc) is 3.19. The number of fused-ring (bicyclic) bond motifs is 1. The third kappa shape index (κ3) is 2.87. The maximum absolute atomic E-state index is 9.45. The zero-order valence-electron chi connectivity index (χ0n) is 14.2. The highest BCUT2D eigenvalue weighted by Gasteiger charge is 2.15. The molecule has 1 N–H and O–H groups in total. The number of para-hydroxylation sites is 2. The molecule has 6 nitrogen and oxygen atoms in total. The van der Waals surface area contributed by atoms with Crippen LogP contribution >= 0.6 is 0 Å². The van der Waals surface area contributed by atoms with Crippen LogP contribution in [0.3, 0.4) is 0 Å². The second-order valence-electron chi connectivity index (χ2n) is 5.97. The minimum atomic E-state index is -0.120. The largest absolute Gasteiger partial charge is 0.375 e. The minimum Gasteiger partial charge on any atom is -0.375 e. The predicted molar refractivity (Wildman–Crippen MR) is 99.9 cm³/mol. The first-order valence-corrected chi connectivity index (χ1v) is 8.28. The maximum Gasteiger partial charge on any atom is 0.105 e. The third-order valence-electron chi connectivity index (χ3n) is 4.23. The van der Waals surface area contributed by atoms with E-state index in [0.29, 0.717) is 5.56 Å². The van der Waals surface area contributed by atoms with Crippen molar-refractivity contribution >= 4 is 16.6 Å². The number of aromatic nitrogens is 4. The van der Waals surface area contributed by atoms with Gasteiger partial charge >= 0.3 is 0 Å². The van der Waals surface area contributed by atoms with Gasteiger partial charge in [-0.05, 0) is 25.1 Å². The Morgan fingerprint density at radius 3 is 2.65 bits per heavy atom. The molecule has 6 heteroatoms. The van der Waals surface area contributed by atoms with Crippen LogP contribution in [0.2, 0.25) is 0 Å². The van der Waals surface area contributed by atoms with Crippen molar-refractivity contribution in [1.82, 2.24) is 20.0 Å². The maximum atomic E-state index is 9.45. The number of pyridine rings is 1. The molecule has 0 fully saturated rings. The number of nitrogens with zero attached hydrogens (tertiary/aromatic N) is 5. The van der Waals surface area contributed by atoms with E-state index in [2.05, 4.69) is 26.7 Å². The van der Waals surface area contributed by atoms with Crippen molar-refractivity contribution in [2.75, 3.05) is 5.32 Å². The summed E-state index contributed by atoms with van der Waals surface area (Å²) in [6.07, 6.45) is 3.49. The Labute approximate surface area is 150 Å². The first-order chi connectivity index (χ1) is 12.8. The Kier molecular flexibility index (Phi) is 4.04. The molecule has 4 rings (SSSR count). The van der Waals surface area contributed by atoms with Crippen molar-refractivity contribution in [2.45, 2.75) is 13.0 Å². The minimum absolute atomic E-state index is 0.120. The SMILES string of the molecule is CC(Nc1c(C#N)cnc2ccccc12)c1cn(-c2ccccc2)nn1. The molecule has 2 heterocycles. The Balaban J connectivity index is 1.67. The molecule has 126 valence electrons. The van der Waals surface area contributed by atoms with Gasteiger partial charge in [0.05, 0.1) is 34.7 Å². The van der Waals surface area contributed by atoms with Gasteiger partial charge in [-0.25, -0.2) is 4.68 Å². The summed E-state index contributed by atoms with van der Waals surface area (Å²) in [6, 6.07) is 19.7. The summed E-state index contributed by atoms with van der Waals surface area (Å²) in [5, 5.41) is 22.2. The van der Waals surface area contributed by atoms with E-state index < -0.39 is 0 Å². The molecular formula is C20H16N6. The van der Waals surface area contributed by atoms with Crippen LogP contribution in [0.4, 0.5) is 5.69 Å². The van der Waals surface area contributed by atoms with Gasteiger partial charge in [0.1, 0.15) is 11.8 Å². The first-order valence-electron chi connectivity index (χ1n) is 8.28. The predicted octanol–water partition coefficient (Wildman–Crippen LogP) is 3.86. The van der Waals surface area contributed by atoms with Crippen LogP contribution in [0.15, 0.2) is 67.0 Å². The molecule has 0 aliphatic heterocycles. The van der Waals surface area contributed by atoms with Crippen molar-refractivity contribution in [3.8, 4) is 11.8 Å². The van der Waals surface area contributed by atoms with Crippen molar-refractivity contribution < 1.29 is 0 Å². The second-order valence-corrected chi connectivity index (χ2v) is 5.97.